The molecule has 0 radical (unpaired) electrons. The molecule has 22 heavy (non-hydrogen) atoms. The SMILES string of the molecule is CC(=O)Nc1cccc(NC(=O)c2ccc(C)cc2C)c1C. The molecule has 0 unspecified atom stereocenters. The second-order valence-electron chi connectivity index (χ2n) is 5.43. The fourth-order valence-corrected chi connectivity index (χ4v) is 2.35. The fourth-order valence-electron chi connectivity index (χ4n) is 2.35. The highest BCUT2D eigenvalue weighted by Crippen LogP contribution is 2.24. The number of aryl methyl sites for hydroxylation is 2. The second kappa shape index (κ2) is 6.43. The summed E-state index contributed by atoms with van der Waals surface area (Å²) in [5.41, 5.74) is 4.93. The molecule has 0 atom stereocenters. The first-order valence-corrected chi connectivity index (χ1v) is 7.14. The van der Waals surface area contributed by atoms with Gasteiger partial charge in [0.1, 0.15) is 0 Å². The molecule has 4 nitrogen and oxygen atoms in total. The molecule has 0 spiro atoms. The summed E-state index contributed by atoms with van der Waals surface area (Å²) in [6, 6.07) is 11.2. The van der Waals surface area contributed by atoms with Crippen LogP contribution in [0, 0.1) is 20.8 Å². The number of amides is 2. The van der Waals surface area contributed by atoms with Crippen LogP contribution in [0.5, 0.6) is 0 Å². The molecule has 0 aromatic heterocycles. The number of rotatable bonds is 3. The van der Waals surface area contributed by atoms with Gasteiger partial charge in [0.2, 0.25) is 5.91 Å². The Bertz CT molecular complexity index is 736. The van der Waals surface area contributed by atoms with Crippen LogP contribution >= 0.6 is 0 Å². The summed E-state index contributed by atoms with van der Waals surface area (Å²) in [6.07, 6.45) is 0. The summed E-state index contributed by atoms with van der Waals surface area (Å²) in [6.45, 7) is 7.24. The Hall–Kier alpha value is -2.62. The lowest BCUT2D eigenvalue weighted by Gasteiger charge is -2.13. The Morgan fingerprint density at radius 1 is 0.909 bits per heavy atom. The molecule has 0 bridgehead atoms. The van der Waals surface area contributed by atoms with Crippen LogP contribution in [0.25, 0.3) is 0 Å². The van der Waals surface area contributed by atoms with Crippen molar-refractivity contribution in [2.75, 3.05) is 10.6 Å². The lowest BCUT2D eigenvalue weighted by Crippen LogP contribution is -2.15. The third-order valence-corrected chi connectivity index (χ3v) is 3.52. The Morgan fingerprint density at radius 2 is 1.55 bits per heavy atom. The third-order valence-electron chi connectivity index (χ3n) is 3.52. The van der Waals surface area contributed by atoms with Gasteiger partial charge in [0.15, 0.2) is 0 Å². The number of nitrogens with one attached hydrogen (secondary N) is 2. The van der Waals surface area contributed by atoms with Gasteiger partial charge in [-0.1, -0.05) is 23.8 Å². The molecule has 0 heterocycles. The van der Waals surface area contributed by atoms with Gasteiger partial charge in [-0.15, -0.1) is 0 Å². The van der Waals surface area contributed by atoms with Crippen molar-refractivity contribution in [3.8, 4) is 0 Å². The number of anilines is 2. The molecule has 0 aliphatic rings. The van der Waals surface area contributed by atoms with Gasteiger partial charge in [-0.05, 0) is 50.1 Å². The van der Waals surface area contributed by atoms with Crippen molar-refractivity contribution in [2.24, 2.45) is 0 Å². The standard InChI is InChI=1S/C18H20N2O2/c1-11-8-9-15(12(2)10-11)18(22)20-17-7-5-6-16(13(17)3)19-14(4)21/h5-10H,1-4H3,(H,19,21)(H,20,22). The molecule has 114 valence electrons. The Labute approximate surface area is 130 Å². The summed E-state index contributed by atoms with van der Waals surface area (Å²) < 4.78 is 0. The molecule has 2 aromatic rings. The minimum Gasteiger partial charge on any atom is -0.326 e. The molecule has 4 heteroatoms. The number of hydrogen-bond donors (Lipinski definition) is 2. The van der Waals surface area contributed by atoms with Gasteiger partial charge in [0.25, 0.3) is 5.91 Å². The van der Waals surface area contributed by atoms with Gasteiger partial charge in [0.05, 0.1) is 0 Å². The molecule has 2 N–H and O–H groups in total. The first-order valence-electron chi connectivity index (χ1n) is 7.14. The van der Waals surface area contributed by atoms with Crippen LogP contribution in [0.2, 0.25) is 0 Å². The van der Waals surface area contributed by atoms with E-state index in [0.29, 0.717) is 16.9 Å². The van der Waals surface area contributed by atoms with Crippen LogP contribution in [0.4, 0.5) is 11.4 Å². The maximum atomic E-state index is 12.4. The minimum atomic E-state index is -0.152. The maximum absolute atomic E-state index is 12.4. The summed E-state index contributed by atoms with van der Waals surface area (Å²) in [5, 5.41) is 5.67. The van der Waals surface area contributed by atoms with E-state index in [4.69, 9.17) is 0 Å². The van der Waals surface area contributed by atoms with Crippen LogP contribution in [0.15, 0.2) is 36.4 Å². The third kappa shape index (κ3) is 3.52. The average molecular weight is 296 g/mol. The number of carbonyl (C=O) groups excluding carboxylic acids is 2. The predicted octanol–water partition coefficient (Wildman–Crippen LogP) is 3.82. The smallest absolute Gasteiger partial charge is 0.255 e. The van der Waals surface area contributed by atoms with E-state index in [-0.39, 0.29) is 11.8 Å². The first kappa shape index (κ1) is 15.8. The number of benzene rings is 2. The van der Waals surface area contributed by atoms with Crippen molar-refractivity contribution in [3.05, 3.63) is 58.7 Å². The van der Waals surface area contributed by atoms with Gasteiger partial charge in [-0.3, -0.25) is 9.59 Å². The van der Waals surface area contributed by atoms with Crippen molar-refractivity contribution in [3.63, 3.8) is 0 Å². The summed E-state index contributed by atoms with van der Waals surface area (Å²) in [5.74, 6) is -0.290. The number of carbonyl (C=O) groups is 2. The largest absolute Gasteiger partial charge is 0.326 e. The number of hydrogen-bond acceptors (Lipinski definition) is 2. The molecule has 2 aromatic carbocycles. The minimum absolute atomic E-state index is 0.138. The molecule has 0 aliphatic heterocycles. The van der Waals surface area contributed by atoms with E-state index in [1.165, 1.54) is 6.92 Å². The molecule has 0 saturated carbocycles. The first-order chi connectivity index (χ1) is 10.4. The quantitative estimate of drug-likeness (QED) is 0.904. The average Bonchev–Trinajstić information content (AvgIpc) is 2.42. The highest BCUT2D eigenvalue weighted by molar-refractivity contribution is 6.06. The van der Waals surface area contributed by atoms with Gasteiger partial charge in [0, 0.05) is 23.9 Å². The Morgan fingerprint density at radius 3 is 2.14 bits per heavy atom. The zero-order valence-electron chi connectivity index (χ0n) is 13.3. The normalized spacial score (nSPS) is 10.2. The van der Waals surface area contributed by atoms with E-state index in [0.717, 1.165) is 16.7 Å². The monoisotopic (exact) mass is 296 g/mol. The van der Waals surface area contributed by atoms with E-state index in [2.05, 4.69) is 10.6 Å². The van der Waals surface area contributed by atoms with Gasteiger partial charge < -0.3 is 10.6 Å². The Balaban J connectivity index is 2.27. The van der Waals surface area contributed by atoms with Crippen molar-refractivity contribution >= 4 is 23.2 Å². The van der Waals surface area contributed by atoms with E-state index in [1.807, 2.05) is 51.1 Å². The van der Waals surface area contributed by atoms with E-state index in [1.54, 1.807) is 6.07 Å². The van der Waals surface area contributed by atoms with Crippen LogP contribution in [0.1, 0.15) is 34.0 Å². The van der Waals surface area contributed by atoms with Gasteiger partial charge in [-0.2, -0.15) is 0 Å². The van der Waals surface area contributed by atoms with Crippen LogP contribution < -0.4 is 10.6 Å². The predicted molar refractivity (Wildman–Crippen MR) is 89.4 cm³/mol. The second-order valence-corrected chi connectivity index (χ2v) is 5.43. The maximum Gasteiger partial charge on any atom is 0.255 e. The molecule has 0 saturated heterocycles. The van der Waals surface area contributed by atoms with E-state index < -0.39 is 0 Å². The zero-order chi connectivity index (χ0) is 16.3. The lowest BCUT2D eigenvalue weighted by atomic mass is 10.0. The molecule has 2 amide bonds. The van der Waals surface area contributed by atoms with Crippen LogP contribution in [-0.4, -0.2) is 11.8 Å². The highest BCUT2D eigenvalue weighted by Gasteiger charge is 2.12. The lowest BCUT2D eigenvalue weighted by molar-refractivity contribution is -0.114. The topological polar surface area (TPSA) is 58.2 Å². The van der Waals surface area contributed by atoms with Crippen molar-refractivity contribution < 1.29 is 9.59 Å². The summed E-state index contributed by atoms with van der Waals surface area (Å²) >= 11 is 0. The fraction of sp³-hybridized carbons (Fsp3) is 0.222. The summed E-state index contributed by atoms with van der Waals surface area (Å²) in [4.78, 5) is 23.6. The van der Waals surface area contributed by atoms with Gasteiger partial charge >= 0.3 is 0 Å². The molecule has 0 fully saturated rings. The molecular weight excluding hydrogens is 276 g/mol. The van der Waals surface area contributed by atoms with Crippen molar-refractivity contribution in [1.82, 2.24) is 0 Å². The molecular formula is C18H20N2O2. The van der Waals surface area contributed by atoms with Crippen molar-refractivity contribution in [2.45, 2.75) is 27.7 Å². The Kier molecular flexibility index (Phi) is 4.61. The molecule has 2 rings (SSSR count). The molecule has 0 aliphatic carbocycles. The van der Waals surface area contributed by atoms with Crippen molar-refractivity contribution in [1.29, 1.82) is 0 Å². The van der Waals surface area contributed by atoms with Crippen LogP contribution in [-0.2, 0) is 4.79 Å². The van der Waals surface area contributed by atoms with Crippen LogP contribution in [0.3, 0.4) is 0 Å². The zero-order valence-corrected chi connectivity index (χ0v) is 13.3. The highest BCUT2D eigenvalue weighted by atomic mass is 16.2. The summed E-state index contributed by atoms with van der Waals surface area (Å²) in [7, 11) is 0. The van der Waals surface area contributed by atoms with E-state index >= 15 is 0 Å². The van der Waals surface area contributed by atoms with E-state index in [9.17, 15) is 9.59 Å². The van der Waals surface area contributed by atoms with Gasteiger partial charge in [-0.25, -0.2) is 0 Å².